The van der Waals surface area contributed by atoms with Crippen LogP contribution in [0.15, 0.2) is 42.5 Å². The highest BCUT2D eigenvalue weighted by atomic mass is 16.5. The number of amides is 2. The Labute approximate surface area is 171 Å². The minimum Gasteiger partial charge on any atom is -0.491 e. The zero-order valence-corrected chi connectivity index (χ0v) is 17.0. The Morgan fingerprint density at radius 2 is 2.00 bits per heavy atom. The van der Waals surface area contributed by atoms with E-state index in [1.54, 1.807) is 13.1 Å². The molecule has 2 aromatic carbocycles. The molecule has 0 fully saturated rings. The third kappa shape index (κ3) is 5.19. The lowest BCUT2D eigenvalue weighted by atomic mass is 10.1. The molecule has 1 heterocycles. The summed E-state index contributed by atoms with van der Waals surface area (Å²) >= 11 is 0. The summed E-state index contributed by atoms with van der Waals surface area (Å²) in [5.41, 5.74) is 3.06. The van der Waals surface area contributed by atoms with Crippen molar-refractivity contribution in [1.29, 1.82) is 0 Å². The average Bonchev–Trinajstić information content (AvgIpc) is 2.71. The van der Waals surface area contributed by atoms with Crippen molar-refractivity contribution in [2.24, 2.45) is 0 Å². The summed E-state index contributed by atoms with van der Waals surface area (Å²) in [6.45, 7) is 5.27. The number of carbonyl (C=O) groups excluding carboxylic acids is 2. The summed E-state index contributed by atoms with van der Waals surface area (Å²) in [5, 5.41) is 5.47. The number of hydrogen-bond acceptors (Lipinski definition) is 5. The standard InChI is InChI=1S/C22H27N3O4/c1-15-8-9-18(16(2)12-15)28-11-10-24-21(26)14-25-13-20(22(27)23-3)29-19-7-5-4-6-17(19)25/h4-9,12,20H,10-11,13-14H2,1-3H3,(H,23,27)(H,24,26)/t20-/m1/s1. The number of ether oxygens (including phenoxy) is 2. The van der Waals surface area contributed by atoms with Gasteiger partial charge in [-0.2, -0.15) is 0 Å². The molecule has 2 N–H and O–H groups in total. The van der Waals surface area contributed by atoms with Crippen LogP contribution in [0.3, 0.4) is 0 Å². The monoisotopic (exact) mass is 397 g/mol. The molecule has 154 valence electrons. The van der Waals surface area contributed by atoms with Crippen LogP contribution in [-0.4, -0.2) is 51.2 Å². The van der Waals surface area contributed by atoms with E-state index in [0.717, 1.165) is 17.0 Å². The normalized spacial score (nSPS) is 15.1. The number of rotatable bonds is 7. The molecule has 0 radical (unpaired) electrons. The van der Waals surface area contributed by atoms with Crippen LogP contribution in [0.25, 0.3) is 0 Å². The fraction of sp³-hybridized carbons (Fsp3) is 0.364. The fourth-order valence-corrected chi connectivity index (χ4v) is 3.30. The van der Waals surface area contributed by atoms with Crippen molar-refractivity contribution in [3.63, 3.8) is 0 Å². The van der Waals surface area contributed by atoms with Crippen molar-refractivity contribution < 1.29 is 19.1 Å². The molecule has 0 aromatic heterocycles. The second-order valence-electron chi connectivity index (χ2n) is 7.04. The van der Waals surface area contributed by atoms with Gasteiger partial charge in [0, 0.05) is 7.05 Å². The van der Waals surface area contributed by atoms with Crippen molar-refractivity contribution in [3.8, 4) is 11.5 Å². The molecule has 3 rings (SSSR count). The number of hydrogen-bond donors (Lipinski definition) is 2. The van der Waals surface area contributed by atoms with Gasteiger partial charge in [-0.25, -0.2) is 0 Å². The Balaban J connectivity index is 1.53. The second-order valence-corrected chi connectivity index (χ2v) is 7.04. The van der Waals surface area contributed by atoms with Gasteiger partial charge in [0.2, 0.25) is 5.91 Å². The molecule has 2 aromatic rings. The van der Waals surface area contributed by atoms with Gasteiger partial charge in [-0.1, -0.05) is 29.8 Å². The quantitative estimate of drug-likeness (QED) is 0.697. The Kier molecular flexibility index (Phi) is 6.59. The largest absolute Gasteiger partial charge is 0.491 e. The predicted molar refractivity (Wildman–Crippen MR) is 112 cm³/mol. The van der Waals surface area contributed by atoms with E-state index >= 15 is 0 Å². The van der Waals surface area contributed by atoms with E-state index in [1.807, 2.05) is 49.1 Å². The summed E-state index contributed by atoms with van der Waals surface area (Å²) in [5.74, 6) is 1.06. The van der Waals surface area contributed by atoms with E-state index in [0.29, 0.717) is 25.4 Å². The first-order valence-corrected chi connectivity index (χ1v) is 9.67. The molecule has 0 unspecified atom stereocenters. The van der Waals surface area contributed by atoms with Crippen LogP contribution in [0, 0.1) is 13.8 Å². The molecule has 7 nitrogen and oxygen atoms in total. The molecule has 2 amide bonds. The lowest BCUT2D eigenvalue weighted by molar-refractivity contribution is -0.127. The van der Waals surface area contributed by atoms with Gasteiger partial charge in [0.15, 0.2) is 6.10 Å². The zero-order valence-electron chi connectivity index (χ0n) is 17.0. The smallest absolute Gasteiger partial charge is 0.262 e. The van der Waals surface area contributed by atoms with Crippen LogP contribution in [0.2, 0.25) is 0 Å². The van der Waals surface area contributed by atoms with Crippen molar-refractivity contribution in [2.45, 2.75) is 20.0 Å². The molecular formula is C22H27N3O4. The topological polar surface area (TPSA) is 79.9 Å². The number of fused-ring (bicyclic) bond motifs is 1. The molecule has 0 aliphatic carbocycles. The van der Waals surface area contributed by atoms with E-state index in [9.17, 15) is 9.59 Å². The van der Waals surface area contributed by atoms with Gasteiger partial charge in [0.25, 0.3) is 5.91 Å². The Hall–Kier alpha value is -3.22. The molecular weight excluding hydrogens is 370 g/mol. The molecule has 1 aliphatic rings. The first-order chi connectivity index (χ1) is 14.0. The molecule has 0 spiro atoms. The summed E-state index contributed by atoms with van der Waals surface area (Å²) in [4.78, 5) is 26.3. The van der Waals surface area contributed by atoms with Gasteiger partial charge < -0.3 is 25.0 Å². The first-order valence-electron chi connectivity index (χ1n) is 9.67. The predicted octanol–water partition coefficient (Wildman–Crippen LogP) is 1.81. The maximum Gasteiger partial charge on any atom is 0.262 e. The Morgan fingerprint density at radius 1 is 1.21 bits per heavy atom. The van der Waals surface area contributed by atoms with Crippen molar-refractivity contribution in [2.75, 3.05) is 38.2 Å². The molecule has 7 heteroatoms. The second kappa shape index (κ2) is 9.32. The summed E-state index contributed by atoms with van der Waals surface area (Å²) in [6, 6.07) is 13.4. The third-order valence-electron chi connectivity index (χ3n) is 4.75. The summed E-state index contributed by atoms with van der Waals surface area (Å²) in [6.07, 6.45) is -0.657. The minimum absolute atomic E-state index is 0.136. The lowest BCUT2D eigenvalue weighted by Gasteiger charge is -2.34. The van der Waals surface area contributed by atoms with Crippen LogP contribution in [-0.2, 0) is 9.59 Å². The lowest BCUT2D eigenvalue weighted by Crippen LogP contribution is -2.50. The molecule has 0 saturated carbocycles. The van der Waals surface area contributed by atoms with Gasteiger partial charge >= 0.3 is 0 Å². The first kappa shape index (κ1) is 20.5. The van der Waals surface area contributed by atoms with Gasteiger partial charge in [-0.3, -0.25) is 9.59 Å². The summed E-state index contributed by atoms with van der Waals surface area (Å²) < 4.78 is 11.5. The van der Waals surface area contributed by atoms with Gasteiger partial charge in [-0.15, -0.1) is 0 Å². The Morgan fingerprint density at radius 3 is 2.76 bits per heavy atom. The molecule has 29 heavy (non-hydrogen) atoms. The highest BCUT2D eigenvalue weighted by molar-refractivity contribution is 5.86. The highest BCUT2D eigenvalue weighted by Crippen LogP contribution is 2.32. The number of carbonyl (C=O) groups is 2. The fourth-order valence-electron chi connectivity index (χ4n) is 3.30. The summed E-state index contributed by atoms with van der Waals surface area (Å²) in [7, 11) is 1.57. The highest BCUT2D eigenvalue weighted by Gasteiger charge is 2.30. The minimum atomic E-state index is -0.657. The average molecular weight is 397 g/mol. The maximum atomic E-state index is 12.4. The van der Waals surface area contributed by atoms with Crippen LogP contribution < -0.4 is 25.0 Å². The maximum absolute atomic E-state index is 12.4. The van der Waals surface area contributed by atoms with Gasteiger partial charge in [-0.05, 0) is 37.6 Å². The van der Waals surface area contributed by atoms with Crippen LogP contribution in [0.5, 0.6) is 11.5 Å². The third-order valence-corrected chi connectivity index (χ3v) is 4.75. The van der Waals surface area contributed by atoms with Crippen LogP contribution in [0.1, 0.15) is 11.1 Å². The van der Waals surface area contributed by atoms with Crippen LogP contribution in [0.4, 0.5) is 5.69 Å². The number of benzene rings is 2. The number of anilines is 1. The number of likely N-dealkylation sites (N-methyl/N-ethyl adjacent to an activating group) is 1. The number of para-hydroxylation sites is 2. The van der Waals surface area contributed by atoms with E-state index in [1.165, 1.54) is 5.56 Å². The molecule has 0 saturated heterocycles. The molecule has 1 aliphatic heterocycles. The van der Waals surface area contributed by atoms with E-state index < -0.39 is 6.10 Å². The van der Waals surface area contributed by atoms with E-state index in [4.69, 9.17) is 9.47 Å². The van der Waals surface area contributed by atoms with Crippen molar-refractivity contribution >= 4 is 17.5 Å². The molecule has 1 atom stereocenters. The number of nitrogens with one attached hydrogen (secondary N) is 2. The van der Waals surface area contributed by atoms with Crippen molar-refractivity contribution in [1.82, 2.24) is 10.6 Å². The van der Waals surface area contributed by atoms with Crippen LogP contribution >= 0.6 is 0 Å². The van der Waals surface area contributed by atoms with Gasteiger partial charge in [0.05, 0.1) is 25.3 Å². The zero-order chi connectivity index (χ0) is 20.8. The van der Waals surface area contributed by atoms with Crippen molar-refractivity contribution in [3.05, 3.63) is 53.6 Å². The van der Waals surface area contributed by atoms with Gasteiger partial charge in [0.1, 0.15) is 18.1 Å². The Bertz CT molecular complexity index is 884. The molecule has 0 bridgehead atoms. The van der Waals surface area contributed by atoms with E-state index in [2.05, 4.69) is 16.7 Å². The number of aryl methyl sites for hydroxylation is 2. The SMILES string of the molecule is CNC(=O)[C@H]1CN(CC(=O)NCCOc2ccc(C)cc2C)c2ccccc2O1. The van der Waals surface area contributed by atoms with E-state index in [-0.39, 0.29) is 18.4 Å². The number of nitrogens with zero attached hydrogens (tertiary/aromatic N) is 1.